The predicted octanol–water partition coefficient (Wildman–Crippen LogP) is 1.94. The lowest BCUT2D eigenvalue weighted by atomic mass is 10.2. The first-order chi connectivity index (χ1) is 8.58. The molecule has 0 fully saturated rings. The third-order valence-electron chi connectivity index (χ3n) is 2.35. The van der Waals surface area contributed by atoms with Crippen molar-refractivity contribution in [3.05, 3.63) is 36.7 Å². The minimum absolute atomic E-state index is 0.165. The van der Waals surface area contributed by atoms with Crippen LogP contribution in [0.1, 0.15) is 6.92 Å². The monoisotopic (exact) mass is 252 g/mol. The summed E-state index contributed by atoms with van der Waals surface area (Å²) in [4.78, 5) is 11.6. The van der Waals surface area contributed by atoms with Crippen molar-refractivity contribution in [1.29, 1.82) is 0 Å². The van der Waals surface area contributed by atoms with Crippen LogP contribution in [-0.2, 0) is 4.79 Å². The standard InChI is InChI=1S/C13H17FN2O2/c1-4-7-15-13(17)9(2)16-11-6-5-10(14)8-12(11)18-3/h4-6,8-9,16H,1,7H2,2-3H3,(H,15,17). The van der Waals surface area contributed by atoms with Gasteiger partial charge in [-0.1, -0.05) is 6.08 Å². The van der Waals surface area contributed by atoms with Crippen molar-refractivity contribution in [2.45, 2.75) is 13.0 Å². The highest BCUT2D eigenvalue weighted by molar-refractivity contribution is 5.84. The lowest BCUT2D eigenvalue weighted by Gasteiger charge is -2.16. The van der Waals surface area contributed by atoms with E-state index in [1.807, 2.05) is 0 Å². The smallest absolute Gasteiger partial charge is 0.242 e. The van der Waals surface area contributed by atoms with E-state index in [2.05, 4.69) is 17.2 Å². The van der Waals surface area contributed by atoms with E-state index in [-0.39, 0.29) is 11.7 Å². The van der Waals surface area contributed by atoms with Crippen molar-refractivity contribution in [3.63, 3.8) is 0 Å². The fourth-order valence-corrected chi connectivity index (χ4v) is 1.41. The molecule has 1 aromatic carbocycles. The Morgan fingerprint density at radius 3 is 2.94 bits per heavy atom. The topological polar surface area (TPSA) is 50.4 Å². The number of halogens is 1. The molecule has 5 heteroatoms. The number of hydrogen-bond donors (Lipinski definition) is 2. The molecule has 0 heterocycles. The first kappa shape index (κ1) is 14.0. The number of carbonyl (C=O) groups is 1. The minimum atomic E-state index is -0.454. The summed E-state index contributed by atoms with van der Waals surface area (Å²) in [6.45, 7) is 5.63. The van der Waals surface area contributed by atoms with Gasteiger partial charge in [0, 0.05) is 12.6 Å². The highest BCUT2D eigenvalue weighted by Gasteiger charge is 2.14. The molecule has 0 saturated heterocycles. The molecule has 2 N–H and O–H groups in total. The Kier molecular flexibility index (Phi) is 5.17. The van der Waals surface area contributed by atoms with Gasteiger partial charge in [-0.2, -0.15) is 0 Å². The van der Waals surface area contributed by atoms with Crippen LogP contribution in [0.4, 0.5) is 10.1 Å². The van der Waals surface area contributed by atoms with Crippen LogP contribution >= 0.6 is 0 Å². The average molecular weight is 252 g/mol. The van der Waals surface area contributed by atoms with Crippen molar-refractivity contribution < 1.29 is 13.9 Å². The molecule has 0 saturated carbocycles. The summed E-state index contributed by atoms with van der Waals surface area (Å²) in [5.41, 5.74) is 0.570. The Balaban J connectivity index is 2.71. The van der Waals surface area contributed by atoms with Crippen LogP contribution in [0.25, 0.3) is 0 Å². The van der Waals surface area contributed by atoms with E-state index >= 15 is 0 Å². The zero-order valence-corrected chi connectivity index (χ0v) is 10.5. The quantitative estimate of drug-likeness (QED) is 0.761. The molecule has 0 aliphatic carbocycles. The fraction of sp³-hybridized carbons (Fsp3) is 0.308. The lowest BCUT2D eigenvalue weighted by Crippen LogP contribution is -2.37. The molecule has 1 aromatic rings. The van der Waals surface area contributed by atoms with Gasteiger partial charge in [-0.3, -0.25) is 4.79 Å². The van der Waals surface area contributed by atoms with E-state index in [0.29, 0.717) is 18.0 Å². The average Bonchev–Trinajstić information content (AvgIpc) is 2.37. The highest BCUT2D eigenvalue weighted by Crippen LogP contribution is 2.25. The molecule has 0 spiro atoms. The number of ether oxygens (including phenoxy) is 1. The van der Waals surface area contributed by atoms with Crippen molar-refractivity contribution >= 4 is 11.6 Å². The second-order valence-electron chi connectivity index (χ2n) is 3.74. The Morgan fingerprint density at radius 2 is 2.33 bits per heavy atom. The first-order valence-electron chi connectivity index (χ1n) is 5.57. The van der Waals surface area contributed by atoms with Crippen LogP contribution in [0.3, 0.4) is 0 Å². The summed E-state index contributed by atoms with van der Waals surface area (Å²) < 4.78 is 18.0. The SMILES string of the molecule is C=CCNC(=O)C(C)Nc1ccc(F)cc1OC. The van der Waals surface area contributed by atoms with Gasteiger partial charge in [0.1, 0.15) is 17.6 Å². The van der Waals surface area contributed by atoms with E-state index < -0.39 is 6.04 Å². The number of carbonyl (C=O) groups excluding carboxylic acids is 1. The molecule has 1 rings (SSSR count). The van der Waals surface area contributed by atoms with E-state index in [1.54, 1.807) is 13.0 Å². The second kappa shape index (κ2) is 6.64. The maximum absolute atomic E-state index is 13.0. The maximum atomic E-state index is 13.0. The molecule has 4 nitrogen and oxygen atoms in total. The zero-order chi connectivity index (χ0) is 13.5. The Labute approximate surface area is 106 Å². The van der Waals surface area contributed by atoms with E-state index in [4.69, 9.17) is 4.74 Å². The van der Waals surface area contributed by atoms with Gasteiger partial charge in [-0.15, -0.1) is 6.58 Å². The number of benzene rings is 1. The molecule has 0 aliphatic rings. The lowest BCUT2D eigenvalue weighted by molar-refractivity contribution is -0.121. The zero-order valence-electron chi connectivity index (χ0n) is 10.5. The summed E-state index contributed by atoms with van der Waals surface area (Å²) in [7, 11) is 1.45. The summed E-state index contributed by atoms with van der Waals surface area (Å²) in [6, 6.07) is 3.64. The maximum Gasteiger partial charge on any atom is 0.242 e. The van der Waals surface area contributed by atoms with Crippen molar-refractivity contribution in [2.24, 2.45) is 0 Å². The molecule has 1 unspecified atom stereocenters. The van der Waals surface area contributed by atoms with Crippen LogP contribution in [0.2, 0.25) is 0 Å². The van der Waals surface area contributed by atoms with Crippen LogP contribution in [0, 0.1) is 5.82 Å². The van der Waals surface area contributed by atoms with Crippen molar-refractivity contribution in [1.82, 2.24) is 5.32 Å². The molecule has 1 amide bonds. The normalized spacial score (nSPS) is 11.5. The largest absolute Gasteiger partial charge is 0.494 e. The first-order valence-corrected chi connectivity index (χ1v) is 5.57. The van der Waals surface area contributed by atoms with Gasteiger partial charge < -0.3 is 15.4 Å². The van der Waals surface area contributed by atoms with Crippen LogP contribution in [-0.4, -0.2) is 25.6 Å². The van der Waals surface area contributed by atoms with Gasteiger partial charge >= 0.3 is 0 Å². The van der Waals surface area contributed by atoms with E-state index in [0.717, 1.165) is 0 Å². The number of anilines is 1. The molecule has 1 atom stereocenters. The van der Waals surface area contributed by atoms with Crippen LogP contribution in [0.5, 0.6) is 5.75 Å². The van der Waals surface area contributed by atoms with Gasteiger partial charge in [0.05, 0.1) is 12.8 Å². The Morgan fingerprint density at radius 1 is 1.61 bits per heavy atom. The van der Waals surface area contributed by atoms with Gasteiger partial charge in [-0.25, -0.2) is 4.39 Å². The van der Waals surface area contributed by atoms with Crippen molar-refractivity contribution in [2.75, 3.05) is 19.0 Å². The molecule has 0 radical (unpaired) electrons. The number of nitrogens with one attached hydrogen (secondary N) is 2. The molecular weight excluding hydrogens is 235 g/mol. The summed E-state index contributed by atoms with van der Waals surface area (Å²) >= 11 is 0. The summed E-state index contributed by atoms with van der Waals surface area (Å²) in [5.74, 6) is -0.194. The van der Waals surface area contributed by atoms with Crippen molar-refractivity contribution in [3.8, 4) is 5.75 Å². The Bertz CT molecular complexity index is 435. The third-order valence-corrected chi connectivity index (χ3v) is 2.35. The Hall–Kier alpha value is -2.04. The van der Waals surface area contributed by atoms with Gasteiger partial charge in [-0.05, 0) is 19.1 Å². The molecule has 98 valence electrons. The second-order valence-corrected chi connectivity index (χ2v) is 3.74. The van der Waals surface area contributed by atoms with Gasteiger partial charge in [0.15, 0.2) is 0 Å². The molecule has 18 heavy (non-hydrogen) atoms. The predicted molar refractivity (Wildman–Crippen MR) is 69.2 cm³/mol. The van der Waals surface area contributed by atoms with Gasteiger partial charge in [0.2, 0.25) is 5.91 Å². The van der Waals surface area contributed by atoms with Gasteiger partial charge in [0.25, 0.3) is 0 Å². The molecule has 0 bridgehead atoms. The minimum Gasteiger partial charge on any atom is -0.494 e. The van der Waals surface area contributed by atoms with E-state index in [1.165, 1.54) is 25.3 Å². The van der Waals surface area contributed by atoms with Crippen LogP contribution < -0.4 is 15.4 Å². The number of rotatable bonds is 6. The number of amides is 1. The molecule has 0 aliphatic heterocycles. The number of hydrogen-bond acceptors (Lipinski definition) is 3. The summed E-state index contributed by atoms with van der Waals surface area (Å²) in [6.07, 6.45) is 1.60. The fourth-order valence-electron chi connectivity index (χ4n) is 1.41. The van der Waals surface area contributed by atoms with Crippen LogP contribution in [0.15, 0.2) is 30.9 Å². The van der Waals surface area contributed by atoms with E-state index in [9.17, 15) is 9.18 Å². The molecular formula is C13H17FN2O2. The number of methoxy groups -OCH3 is 1. The summed E-state index contributed by atoms with van der Waals surface area (Å²) in [5, 5.41) is 5.63. The third kappa shape index (κ3) is 3.76. The highest BCUT2D eigenvalue weighted by atomic mass is 19.1. The molecule has 0 aromatic heterocycles.